The van der Waals surface area contributed by atoms with Gasteiger partial charge in [-0.15, -0.1) is 0 Å². The number of nitrogens with one attached hydrogen (secondary N) is 2. The highest BCUT2D eigenvalue weighted by atomic mass is 19.1. The third kappa shape index (κ3) is 2.10. The molecule has 92 valence electrons. The van der Waals surface area contributed by atoms with Crippen molar-refractivity contribution in [3.8, 4) is 0 Å². The van der Waals surface area contributed by atoms with Crippen molar-refractivity contribution in [2.45, 2.75) is 26.4 Å². The van der Waals surface area contributed by atoms with Crippen molar-refractivity contribution in [3.05, 3.63) is 30.1 Å². The van der Waals surface area contributed by atoms with Gasteiger partial charge < -0.3 is 5.32 Å². The number of carbonyl (C=O) groups excluding carboxylic acids is 1. The molecule has 0 bridgehead atoms. The molecule has 1 aromatic carbocycles. The molecule has 1 aliphatic heterocycles. The maximum Gasteiger partial charge on any atom is 0.338 e. The van der Waals surface area contributed by atoms with Gasteiger partial charge in [0.15, 0.2) is 0 Å². The highest BCUT2D eigenvalue weighted by Gasteiger charge is 2.41. The van der Waals surface area contributed by atoms with Crippen molar-refractivity contribution in [2.75, 3.05) is 5.01 Å². The minimum atomic E-state index is -0.481. The number of urea groups is 1. The fourth-order valence-corrected chi connectivity index (χ4v) is 1.63. The molecular formula is C12H16FN3O. The Bertz CT molecular complexity index is 432. The second-order valence-electron chi connectivity index (χ2n) is 4.71. The van der Waals surface area contributed by atoms with Crippen molar-refractivity contribution in [1.82, 2.24) is 10.7 Å². The molecular weight excluding hydrogens is 221 g/mol. The maximum atomic E-state index is 12.8. The van der Waals surface area contributed by atoms with Crippen LogP contribution in [0, 0.1) is 11.7 Å². The molecule has 0 aromatic heterocycles. The van der Waals surface area contributed by atoms with Crippen molar-refractivity contribution < 1.29 is 9.18 Å². The molecule has 17 heavy (non-hydrogen) atoms. The van der Waals surface area contributed by atoms with Crippen LogP contribution in [-0.2, 0) is 0 Å². The van der Waals surface area contributed by atoms with Crippen LogP contribution in [0.5, 0.6) is 0 Å². The van der Waals surface area contributed by atoms with E-state index >= 15 is 0 Å². The molecule has 0 radical (unpaired) electrons. The van der Waals surface area contributed by atoms with E-state index in [1.54, 1.807) is 12.1 Å². The number of benzene rings is 1. The zero-order valence-corrected chi connectivity index (χ0v) is 10.1. The topological polar surface area (TPSA) is 44.4 Å². The van der Waals surface area contributed by atoms with Crippen molar-refractivity contribution in [3.63, 3.8) is 0 Å². The summed E-state index contributed by atoms with van der Waals surface area (Å²) in [6.07, 6.45) is 0. The first-order valence-electron chi connectivity index (χ1n) is 5.58. The monoisotopic (exact) mass is 237 g/mol. The summed E-state index contributed by atoms with van der Waals surface area (Å²) in [6.45, 7) is 5.95. The number of halogens is 1. The predicted octanol–water partition coefficient (Wildman–Crippen LogP) is 2.23. The van der Waals surface area contributed by atoms with Crippen molar-refractivity contribution in [1.29, 1.82) is 0 Å². The largest absolute Gasteiger partial charge is 0.338 e. The van der Waals surface area contributed by atoms with Gasteiger partial charge in [-0.1, -0.05) is 13.8 Å². The molecule has 2 N–H and O–H groups in total. The first-order chi connectivity index (χ1) is 7.92. The molecule has 4 nitrogen and oxygen atoms in total. The molecule has 1 aromatic rings. The van der Waals surface area contributed by atoms with E-state index in [1.165, 1.54) is 17.1 Å². The van der Waals surface area contributed by atoms with E-state index in [2.05, 4.69) is 10.7 Å². The fourth-order valence-electron chi connectivity index (χ4n) is 1.63. The molecule has 2 rings (SSSR count). The van der Waals surface area contributed by atoms with Crippen LogP contribution in [0.1, 0.15) is 20.8 Å². The van der Waals surface area contributed by atoms with Crippen LogP contribution in [0.15, 0.2) is 24.3 Å². The number of amides is 2. The molecule has 0 saturated carbocycles. The maximum absolute atomic E-state index is 12.8. The van der Waals surface area contributed by atoms with E-state index in [0.717, 1.165) is 0 Å². The number of nitrogens with zero attached hydrogens (tertiary/aromatic N) is 1. The first kappa shape index (κ1) is 11.9. The van der Waals surface area contributed by atoms with E-state index in [4.69, 9.17) is 0 Å². The summed E-state index contributed by atoms with van der Waals surface area (Å²) in [6, 6.07) is 5.56. The van der Waals surface area contributed by atoms with Crippen LogP contribution >= 0.6 is 0 Å². The molecule has 1 saturated heterocycles. The summed E-state index contributed by atoms with van der Waals surface area (Å²) in [5.74, 6) is -0.0862. The minimum absolute atomic E-state index is 0.229. The van der Waals surface area contributed by atoms with Gasteiger partial charge in [-0.05, 0) is 37.1 Å². The molecule has 2 amide bonds. The summed E-state index contributed by atoms with van der Waals surface area (Å²) in [5.41, 5.74) is 3.24. The minimum Gasteiger partial charge on any atom is -0.317 e. The second-order valence-corrected chi connectivity index (χ2v) is 4.71. The Labute approximate surface area is 99.8 Å². The summed E-state index contributed by atoms with van der Waals surface area (Å²) in [7, 11) is 0. The Morgan fingerprint density at radius 3 is 2.35 bits per heavy atom. The molecule has 1 atom stereocenters. The standard InChI is InChI=1S/C12H16FN3O/c1-8(2)12(3)14-11(17)16(15-12)10-6-4-9(13)5-7-10/h4-8,15H,1-3H3,(H,14,17)/t12-/m0/s1. The smallest absolute Gasteiger partial charge is 0.317 e. The molecule has 1 aliphatic rings. The van der Waals surface area contributed by atoms with Crippen molar-refractivity contribution >= 4 is 11.7 Å². The summed E-state index contributed by atoms with van der Waals surface area (Å²) in [4.78, 5) is 11.8. The van der Waals surface area contributed by atoms with Gasteiger partial charge in [0.05, 0.1) is 5.69 Å². The van der Waals surface area contributed by atoms with Crippen LogP contribution < -0.4 is 15.8 Å². The van der Waals surface area contributed by atoms with Crippen LogP contribution in [0.2, 0.25) is 0 Å². The number of hydrogen-bond acceptors (Lipinski definition) is 2. The summed E-state index contributed by atoms with van der Waals surface area (Å²) < 4.78 is 12.8. The number of hydrogen-bond donors (Lipinski definition) is 2. The Balaban J connectivity index is 2.24. The van der Waals surface area contributed by atoms with Crippen LogP contribution in [0.3, 0.4) is 0 Å². The molecule has 1 heterocycles. The quantitative estimate of drug-likeness (QED) is 0.828. The molecule has 0 spiro atoms. The zero-order chi connectivity index (χ0) is 12.6. The predicted molar refractivity (Wildman–Crippen MR) is 63.8 cm³/mol. The Hall–Kier alpha value is -1.62. The summed E-state index contributed by atoms with van der Waals surface area (Å²) >= 11 is 0. The van der Waals surface area contributed by atoms with Gasteiger partial charge in [-0.3, -0.25) is 0 Å². The molecule has 0 unspecified atom stereocenters. The average Bonchev–Trinajstić information content (AvgIpc) is 2.57. The lowest BCUT2D eigenvalue weighted by atomic mass is 10.00. The molecule has 5 heteroatoms. The second kappa shape index (κ2) is 4.00. The number of hydrazine groups is 1. The molecule has 1 fully saturated rings. The Morgan fingerprint density at radius 1 is 1.29 bits per heavy atom. The fraction of sp³-hybridized carbons (Fsp3) is 0.417. The van der Waals surface area contributed by atoms with Crippen LogP contribution in [0.4, 0.5) is 14.9 Å². The van der Waals surface area contributed by atoms with Gasteiger partial charge in [0.1, 0.15) is 11.5 Å². The van der Waals surface area contributed by atoms with Crippen LogP contribution in [0.25, 0.3) is 0 Å². The number of rotatable bonds is 2. The Kier molecular flexibility index (Phi) is 2.79. The van der Waals surface area contributed by atoms with Crippen LogP contribution in [-0.4, -0.2) is 11.7 Å². The summed E-state index contributed by atoms with van der Waals surface area (Å²) in [5, 5.41) is 4.28. The average molecular weight is 237 g/mol. The lowest BCUT2D eigenvalue weighted by Crippen LogP contribution is -2.52. The third-order valence-electron chi connectivity index (χ3n) is 3.15. The normalized spacial score (nSPS) is 24.3. The van der Waals surface area contributed by atoms with Gasteiger partial charge in [-0.25, -0.2) is 19.6 Å². The lowest BCUT2D eigenvalue weighted by Gasteiger charge is -2.28. The SMILES string of the molecule is CC(C)[C@@]1(C)NC(=O)N(c2ccc(F)cc2)N1. The van der Waals surface area contributed by atoms with E-state index in [1.807, 2.05) is 20.8 Å². The van der Waals surface area contributed by atoms with Crippen molar-refractivity contribution in [2.24, 2.45) is 5.92 Å². The van der Waals surface area contributed by atoms with E-state index in [0.29, 0.717) is 5.69 Å². The zero-order valence-electron chi connectivity index (χ0n) is 10.1. The van der Waals surface area contributed by atoms with Gasteiger partial charge >= 0.3 is 6.03 Å². The highest BCUT2D eigenvalue weighted by molar-refractivity contribution is 5.93. The number of carbonyl (C=O) groups is 1. The van der Waals surface area contributed by atoms with E-state index in [-0.39, 0.29) is 17.8 Å². The van der Waals surface area contributed by atoms with Gasteiger partial charge in [0.2, 0.25) is 0 Å². The van der Waals surface area contributed by atoms with Gasteiger partial charge in [0.25, 0.3) is 0 Å². The highest BCUT2D eigenvalue weighted by Crippen LogP contribution is 2.23. The third-order valence-corrected chi connectivity index (χ3v) is 3.15. The number of anilines is 1. The lowest BCUT2D eigenvalue weighted by molar-refractivity contribution is 0.236. The molecule has 0 aliphatic carbocycles. The first-order valence-corrected chi connectivity index (χ1v) is 5.58. The Morgan fingerprint density at radius 2 is 1.88 bits per heavy atom. The van der Waals surface area contributed by atoms with Gasteiger partial charge in [0, 0.05) is 0 Å². The van der Waals surface area contributed by atoms with E-state index in [9.17, 15) is 9.18 Å². The van der Waals surface area contributed by atoms with Gasteiger partial charge in [-0.2, -0.15) is 0 Å². The van der Waals surface area contributed by atoms with E-state index < -0.39 is 5.66 Å².